The number of hydrogen-bond donors (Lipinski definition) is 1. The molecule has 0 aliphatic heterocycles. The van der Waals surface area contributed by atoms with Crippen LogP contribution in [-0.4, -0.2) is 10.1 Å². The average molecular weight is 284 g/mol. The number of fused-ring (bicyclic) bond motifs is 1. The van der Waals surface area contributed by atoms with Crippen molar-refractivity contribution in [2.75, 3.05) is 0 Å². The standard InChI is InChI=1S/C14H15F3N2O/c1-13(2,18)8-19-6-5-9-7-10(14(15,16)17)3-4-11(9)12(19)20/h3-7H,8,18H2,1-2H3. The van der Waals surface area contributed by atoms with E-state index in [0.717, 1.165) is 12.1 Å². The lowest BCUT2D eigenvalue weighted by Crippen LogP contribution is -2.40. The van der Waals surface area contributed by atoms with Crippen molar-refractivity contribution in [1.29, 1.82) is 0 Å². The molecule has 2 N–H and O–H groups in total. The van der Waals surface area contributed by atoms with Crippen molar-refractivity contribution >= 4 is 10.8 Å². The predicted octanol–water partition coefficient (Wildman–Crippen LogP) is 2.76. The maximum Gasteiger partial charge on any atom is 0.416 e. The van der Waals surface area contributed by atoms with Gasteiger partial charge in [0.2, 0.25) is 0 Å². The van der Waals surface area contributed by atoms with E-state index in [-0.39, 0.29) is 16.3 Å². The highest BCUT2D eigenvalue weighted by molar-refractivity contribution is 5.82. The molecule has 0 aliphatic rings. The molecule has 0 atom stereocenters. The summed E-state index contributed by atoms with van der Waals surface area (Å²) >= 11 is 0. The first-order chi connectivity index (χ1) is 9.08. The molecule has 1 aromatic heterocycles. The van der Waals surface area contributed by atoms with Crippen molar-refractivity contribution in [3.8, 4) is 0 Å². The fourth-order valence-corrected chi connectivity index (χ4v) is 2.03. The van der Waals surface area contributed by atoms with E-state index in [9.17, 15) is 18.0 Å². The van der Waals surface area contributed by atoms with E-state index in [1.165, 1.54) is 22.9 Å². The Morgan fingerprint density at radius 2 is 1.85 bits per heavy atom. The van der Waals surface area contributed by atoms with Crippen LogP contribution in [-0.2, 0) is 12.7 Å². The number of alkyl halides is 3. The van der Waals surface area contributed by atoms with Crippen molar-refractivity contribution in [2.45, 2.75) is 32.1 Å². The fraction of sp³-hybridized carbons (Fsp3) is 0.357. The quantitative estimate of drug-likeness (QED) is 0.921. The van der Waals surface area contributed by atoms with Crippen LogP contribution in [0, 0.1) is 0 Å². The monoisotopic (exact) mass is 284 g/mol. The van der Waals surface area contributed by atoms with Gasteiger partial charge in [0, 0.05) is 23.7 Å². The van der Waals surface area contributed by atoms with Gasteiger partial charge in [0.25, 0.3) is 5.56 Å². The summed E-state index contributed by atoms with van der Waals surface area (Å²) < 4.78 is 39.3. The zero-order valence-corrected chi connectivity index (χ0v) is 11.2. The van der Waals surface area contributed by atoms with Gasteiger partial charge < -0.3 is 10.3 Å². The van der Waals surface area contributed by atoms with Crippen LogP contribution in [0.15, 0.2) is 35.3 Å². The minimum absolute atomic E-state index is 0.254. The first-order valence-corrected chi connectivity index (χ1v) is 6.07. The Labute approximate surface area is 113 Å². The number of aromatic nitrogens is 1. The topological polar surface area (TPSA) is 48.0 Å². The number of benzene rings is 1. The van der Waals surface area contributed by atoms with Crippen LogP contribution in [0.5, 0.6) is 0 Å². The molecule has 0 spiro atoms. The van der Waals surface area contributed by atoms with Crippen molar-refractivity contribution in [1.82, 2.24) is 4.57 Å². The molecule has 1 aromatic carbocycles. The van der Waals surface area contributed by atoms with Gasteiger partial charge in [-0.2, -0.15) is 13.2 Å². The molecule has 0 radical (unpaired) electrons. The number of halogens is 3. The van der Waals surface area contributed by atoms with Gasteiger partial charge in [-0.25, -0.2) is 0 Å². The molecule has 2 rings (SSSR count). The molecule has 0 fully saturated rings. The van der Waals surface area contributed by atoms with Crippen LogP contribution in [0.1, 0.15) is 19.4 Å². The lowest BCUT2D eigenvalue weighted by Gasteiger charge is -2.20. The normalized spacial score (nSPS) is 12.9. The van der Waals surface area contributed by atoms with Crippen LogP contribution < -0.4 is 11.3 Å². The van der Waals surface area contributed by atoms with Gasteiger partial charge >= 0.3 is 6.18 Å². The Kier molecular flexibility index (Phi) is 3.37. The van der Waals surface area contributed by atoms with Crippen molar-refractivity contribution in [3.05, 3.63) is 46.4 Å². The minimum Gasteiger partial charge on any atom is -0.324 e. The first kappa shape index (κ1) is 14.6. The Bertz CT molecular complexity index is 696. The molecule has 0 aliphatic carbocycles. The number of nitrogens with zero attached hydrogens (tertiary/aromatic N) is 1. The Hall–Kier alpha value is -1.82. The lowest BCUT2D eigenvalue weighted by atomic mass is 10.1. The van der Waals surface area contributed by atoms with Gasteiger partial charge in [0.05, 0.1) is 5.56 Å². The lowest BCUT2D eigenvalue weighted by molar-refractivity contribution is -0.137. The van der Waals surface area contributed by atoms with E-state index in [0.29, 0.717) is 6.54 Å². The SMILES string of the molecule is CC(C)(N)Cn1ccc2cc(C(F)(F)F)ccc2c1=O. The van der Waals surface area contributed by atoms with E-state index in [4.69, 9.17) is 5.73 Å². The number of hydrogen-bond acceptors (Lipinski definition) is 2. The molecule has 0 saturated carbocycles. The highest BCUT2D eigenvalue weighted by atomic mass is 19.4. The van der Waals surface area contributed by atoms with Crippen LogP contribution >= 0.6 is 0 Å². The Morgan fingerprint density at radius 3 is 2.40 bits per heavy atom. The van der Waals surface area contributed by atoms with Crippen molar-refractivity contribution in [3.63, 3.8) is 0 Å². The fourth-order valence-electron chi connectivity index (χ4n) is 2.03. The second-order valence-corrected chi connectivity index (χ2v) is 5.54. The molecule has 6 heteroatoms. The third kappa shape index (κ3) is 3.01. The van der Waals surface area contributed by atoms with Crippen molar-refractivity contribution < 1.29 is 13.2 Å². The summed E-state index contributed by atoms with van der Waals surface area (Å²) in [5, 5.41) is 0.528. The smallest absolute Gasteiger partial charge is 0.324 e. The van der Waals surface area contributed by atoms with E-state index in [1.54, 1.807) is 13.8 Å². The summed E-state index contributed by atoms with van der Waals surface area (Å²) in [7, 11) is 0. The second kappa shape index (κ2) is 4.63. The highest BCUT2D eigenvalue weighted by Crippen LogP contribution is 2.30. The zero-order chi connectivity index (χ0) is 15.1. The van der Waals surface area contributed by atoms with Gasteiger partial charge in [-0.05, 0) is 43.5 Å². The minimum atomic E-state index is -4.41. The summed E-state index contributed by atoms with van der Waals surface area (Å²) in [6.45, 7) is 3.84. The molecule has 2 aromatic rings. The Morgan fingerprint density at radius 1 is 1.20 bits per heavy atom. The van der Waals surface area contributed by atoms with Crippen LogP contribution in [0.3, 0.4) is 0 Å². The summed E-state index contributed by atoms with van der Waals surface area (Å²) in [6.07, 6.45) is -2.94. The highest BCUT2D eigenvalue weighted by Gasteiger charge is 2.30. The third-order valence-corrected chi connectivity index (χ3v) is 2.88. The van der Waals surface area contributed by atoms with Gasteiger partial charge in [-0.3, -0.25) is 4.79 Å². The molecule has 0 unspecified atom stereocenters. The van der Waals surface area contributed by atoms with E-state index < -0.39 is 17.3 Å². The molecule has 0 saturated heterocycles. The van der Waals surface area contributed by atoms with Gasteiger partial charge in [0.15, 0.2) is 0 Å². The number of pyridine rings is 1. The molecular weight excluding hydrogens is 269 g/mol. The number of nitrogens with two attached hydrogens (primary N) is 1. The van der Waals surface area contributed by atoms with E-state index >= 15 is 0 Å². The molecule has 0 amide bonds. The third-order valence-electron chi connectivity index (χ3n) is 2.88. The molecular formula is C14H15F3N2O. The molecule has 3 nitrogen and oxygen atoms in total. The summed E-state index contributed by atoms with van der Waals surface area (Å²) in [5.74, 6) is 0. The second-order valence-electron chi connectivity index (χ2n) is 5.54. The van der Waals surface area contributed by atoms with Gasteiger partial charge in [0.1, 0.15) is 0 Å². The summed E-state index contributed by atoms with van der Waals surface area (Å²) in [5.41, 5.74) is 4.17. The molecule has 0 bridgehead atoms. The van der Waals surface area contributed by atoms with E-state index in [2.05, 4.69) is 0 Å². The predicted molar refractivity (Wildman–Crippen MR) is 71.5 cm³/mol. The largest absolute Gasteiger partial charge is 0.416 e. The molecule has 1 heterocycles. The van der Waals surface area contributed by atoms with Crippen LogP contribution in [0.25, 0.3) is 10.8 Å². The maximum atomic E-state index is 12.6. The molecule has 108 valence electrons. The summed E-state index contributed by atoms with van der Waals surface area (Å²) in [4.78, 5) is 12.2. The zero-order valence-electron chi connectivity index (χ0n) is 11.2. The Balaban J connectivity index is 2.56. The van der Waals surface area contributed by atoms with Gasteiger partial charge in [-0.15, -0.1) is 0 Å². The molecule has 20 heavy (non-hydrogen) atoms. The van der Waals surface area contributed by atoms with Crippen LogP contribution in [0.2, 0.25) is 0 Å². The maximum absolute atomic E-state index is 12.6. The van der Waals surface area contributed by atoms with Gasteiger partial charge in [-0.1, -0.05) is 0 Å². The average Bonchev–Trinajstić information content (AvgIpc) is 2.30. The van der Waals surface area contributed by atoms with Crippen LogP contribution in [0.4, 0.5) is 13.2 Å². The van der Waals surface area contributed by atoms with Crippen molar-refractivity contribution in [2.24, 2.45) is 5.73 Å². The summed E-state index contributed by atoms with van der Waals surface area (Å²) in [6, 6.07) is 4.61. The first-order valence-electron chi connectivity index (χ1n) is 6.07. The number of rotatable bonds is 2. The van der Waals surface area contributed by atoms with E-state index in [1.807, 2.05) is 0 Å².